The molecule has 0 bridgehead atoms. The quantitative estimate of drug-likeness (QED) is 0.456. The highest BCUT2D eigenvalue weighted by atomic mass is 32.2. The van der Waals surface area contributed by atoms with Crippen LogP contribution in [-0.4, -0.2) is 46.8 Å². The molecule has 0 aliphatic carbocycles. The first-order chi connectivity index (χ1) is 8.35. The van der Waals surface area contributed by atoms with Gasteiger partial charge < -0.3 is 4.90 Å². The summed E-state index contributed by atoms with van der Waals surface area (Å²) in [6.07, 6.45) is 2.75. The van der Waals surface area contributed by atoms with Gasteiger partial charge in [-0.25, -0.2) is 9.29 Å². The monoisotopic (exact) mass is 247 g/mol. The molecule has 3 heterocycles. The van der Waals surface area contributed by atoms with Gasteiger partial charge in [0.1, 0.15) is 5.03 Å². The summed E-state index contributed by atoms with van der Waals surface area (Å²) in [4.78, 5) is 16.8. The van der Waals surface area contributed by atoms with Gasteiger partial charge in [0, 0.05) is 32.4 Å². The molecular formula is C12H13N3OS. The summed E-state index contributed by atoms with van der Waals surface area (Å²) in [5.41, 5.74) is 2.81. The van der Waals surface area contributed by atoms with Gasteiger partial charge in [-0.15, -0.1) is 0 Å². The molecule has 4 nitrogen and oxygen atoms in total. The van der Waals surface area contributed by atoms with Gasteiger partial charge in [-0.05, 0) is 35.2 Å². The van der Waals surface area contributed by atoms with Crippen molar-refractivity contribution in [3.05, 3.63) is 35.5 Å². The van der Waals surface area contributed by atoms with Gasteiger partial charge in [0.2, 0.25) is 6.41 Å². The van der Waals surface area contributed by atoms with Gasteiger partial charge in [0.05, 0.1) is 0 Å². The van der Waals surface area contributed by atoms with Crippen LogP contribution in [0.25, 0.3) is 0 Å². The highest BCUT2D eigenvalue weighted by Gasteiger charge is 2.29. The fraction of sp³-hybridized carbons (Fsp3) is 0.333. The first-order valence-electron chi connectivity index (χ1n) is 5.58. The molecule has 1 amide bonds. The van der Waals surface area contributed by atoms with Crippen LogP contribution in [0.3, 0.4) is 0 Å². The summed E-state index contributed by atoms with van der Waals surface area (Å²) < 4.78 is 2.30. The number of amides is 1. The molecule has 0 atom stereocenters. The lowest BCUT2D eigenvalue weighted by Gasteiger charge is -2.18. The molecule has 88 valence electrons. The number of aromatic nitrogens is 1. The number of rotatable bonds is 3. The van der Waals surface area contributed by atoms with E-state index in [1.54, 1.807) is 11.9 Å². The zero-order chi connectivity index (χ0) is 11.7. The minimum absolute atomic E-state index is 0.804. The molecule has 5 heteroatoms. The molecule has 0 spiro atoms. The third-order valence-corrected chi connectivity index (χ3v) is 3.98. The van der Waals surface area contributed by atoms with Crippen LogP contribution >= 0.6 is 11.9 Å². The Morgan fingerprint density at radius 1 is 1.18 bits per heavy atom. The van der Waals surface area contributed by atoms with Crippen LogP contribution in [0, 0.1) is 0 Å². The first kappa shape index (κ1) is 10.8. The second kappa shape index (κ2) is 4.50. The van der Waals surface area contributed by atoms with Crippen molar-refractivity contribution in [1.82, 2.24) is 14.2 Å². The second-order valence-electron chi connectivity index (χ2n) is 4.27. The molecule has 0 saturated heterocycles. The Morgan fingerprint density at radius 2 is 1.94 bits per heavy atom. The van der Waals surface area contributed by atoms with Crippen LogP contribution in [0.4, 0.5) is 0 Å². The van der Waals surface area contributed by atoms with Crippen molar-refractivity contribution in [2.45, 2.75) is 5.03 Å². The van der Waals surface area contributed by atoms with E-state index >= 15 is 0 Å². The highest BCUT2D eigenvalue weighted by Crippen LogP contribution is 2.31. The SMILES string of the molecule is O=CN1CC2=C(C1)CN(Sc1ccccn1)C2. The lowest BCUT2D eigenvalue weighted by atomic mass is 10.2. The molecule has 0 unspecified atom stereocenters. The fourth-order valence-electron chi connectivity index (χ4n) is 2.25. The molecule has 0 radical (unpaired) electrons. The number of hydrogen-bond acceptors (Lipinski definition) is 4. The number of pyridine rings is 1. The van der Waals surface area contributed by atoms with Crippen LogP contribution in [0.2, 0.25) is 0 Å². The van der Waals surface area contributed by atoms with Crippen LogP contribution in [0.5, 0.6) is 0 Å². The third kappa shape index (κ3) is 2.21. The van der Waals surface area contributed by atoms with Crippen molar-refractivity contribution in [3.8, 4) is 0 Å². The highest BCUT2D eigenvalue weighted by molar-refractivity contribution is 7.97. The van der Waals surface area contributed by atoms with Crippen LogP contribution in [-0.2, 0) is 4.79 Å². The number of hydrogen-bond donors (Lipinski definition) is 0. The Bertz CT molecular complexity index is 442. The van der Waals surface area contributed by atoms with Crippen molar-refractivity contribution in [3.63, 3.8) is 0 Å². The number of nitrogens with zero attached hydrogens (tertiary/aromatic N) is 3. The smallest absolute Gasteiger partial charge is 0.210 e. The normalized spacial score (nSPS) is 19.9. The Balaban J connectivity index is 1.60. The van der Waals surface area contributed by atoms with Gasteiger partial charge >= 0.3 is 0 Å². The van der Waals surface area contributed by atoms with E-state index in [9.17, 15) is 4.79 Å². The van der Waals surface area contributed by atoms with E-state index in [0.29, 0.717) is 0 Å². The minimum Gasteiger partial charge on any atom is -0.337 e. The molecular weight excluding hydrogens is 234 g/mol. The Morgan fingerprint density at radius 3 is 2.53 bits per heavy atom. The van der Waals surface area contributed by atoms with Crippen molar-refractivity contribution >= 4 is 18.4 Å². The minimum atomic E-state index is 0.804. The molecule has 0 N–H and O–H groups in total. The average molecular weight is 247 g/mol. The summed E-state index contributed by atoms with van der Waals surface area (Å²) in [5.74, 6) is 0. The standard InChI is InChI=1S/C12H13N3OS/c16-9-14-5-10-7-15(8-11(10)6-14)17-12-3-1-2-4-13-12/h1-4,9H,5-8H2. The lowest BCUT2D eigenvalue weighted by molar-refractivity contribution is -0.117. The van der Waals surface area contributed by atoms with Crippen LogP contribution in [0.15, 0.2) is 40.6 Å². The maximum Gasteiger partial charge on any atom is 0.210 e. The number of carbonyl (C=O) groups is 1. The Labute approximate surface area is 104 Å². The molecule has 1 aromatic heterocycles. The van der Waals surface area contributed by atoms with E-state index in [1.165, 1.54) is 11.1 Å². The Hall–Kier alpha value is -1.33. The van der Waals surface area contributed by atoms with Gasteiger partial charge in [0.15, 0.2) is 0 Å². The molecule has 17 heavy (non-hydrogen) atoms. The van der Waals surface area contributed by atoms with Gasteiger partial charge in [-0.2, -0.15) is 0 Å². The molecule has 0 fully saturated rings. The molecule has 2 aliphatic heterocycles. The second-order valence-corrected chi connectivity index (χ2v) is 5.39. The van der Waals surface area contributed by atoms with E-state index in [0.717, 1.165) is 37.6 Å². The predicted octanol–water partition coefficient (Wildman–Crippen LogP) is 1.17. The largest absolute Gasteiger partial charge is 0.337 e. The topological polar surface area (TPSA) is 36.4 Å². The molecule has 0 saturated carbocycles. The van der Waals surface area contributed by atoms with Crippen molar-refractivity contribution in [2.75, 3.05) is 26.2 Å². The van der Waals surface area contributed by atoms with E-state index in [1.807, 2.05) is 29.3 Å². The van der Waals surface area contributed by atoms with Gasteiger partial charge in [-0.1, -0.05) is 6.07 Å². The van der Waals surface area contributed by atoms with E-state index in [4.69, 9.17) is 0 Å². The van der Waals surface area contributed by atoms with Crippen molar-refractivity contribution < 1.29 is 4.79 Å². The summed E-state index contributed by atoms with van der Waals surface area (Å²) in [5, 5.41) is 1.03. The molecule has 3 rings (SSSR count). The van der Waals surface area contributed by atoms with Crippen LogP contribution in [0.1, 0.15) is 0 Å². The zero-order valence-corrected chi connectivity index (χ0v) is 10.2. The van der Waals surface area contributed by atoms with Crippen LogP contribution < -0.4 is 0 Å². The molecule has 2 aliphatic rings. The maximum atomic E-state index is 10.7. The van der Waals surface area contributed by atoms with E-state index in [2.05, 4.69) is 9.29 Å². The van der Waals surface area contributed by atoms with Crippen molar-refractivity contribution in [2.24, 2.45) is 0 Å². The summed E-state index contributed by atoms with van der Waals surface area (Å²) >= 11 is 1.69. The van der Waals surface area contributed by atoms with Gasteiger partial charge in [-0.3, -0.25) is 4.79 Å². The van der Waals surface area contributed by atoms with Crippen molar-refractivity contribution in [1.29, 1.82) is 0 Å². The maximum absolute atomic E-state index is 10.7. The van der Waals surface area contributed by atoms with E-state index < -0.39 is 0 Å². The van der Waals surface area contributed by atoms with Gasteiger partial charge in [0.25, 0.3) is 0 Å². The zero-order valence-electron chi connectivity index (χ0n) is 9.37. The summed E-state index contributed by atoms with van der Waals surface area (Å²) in [6.45, 7) is 3.50. The summed E-state index contributed by atoms with van der Waals surface area (Å²) in [6, 6.07) is 5.95. The van der Waals surface area contributed by atoms with E-state index in [-0.39, 0.29) is 0 Å². The Kier molecular flexibility index (Phi) is 2.86. The molecule has 0 aromatic carbocycles. The predicted molar refractivity (Wildman–Crippen MR) is 66.3 cm³/mol. The first-order valence-corrected chi connectivity index (χ1v) is 6.35. The lowest BCUT2D eigenvalue weighted by Crippen LogP contribution is -2.25. The molecule has 1 aromatic rings. The number of carbonyl (C=O) groups excluding carboxylic acids is 1. The summed E-state index contributed by atoms with van der Waals surface area (Å²) in [7, 11) is 0. The fourth-order valence-corrected chi connectivity index (χ4v) is 3.20. The third-order valence-electron chi connectivity index (χ3n) is 3.03. The average Bonchev–Trinajstić information content (AvgIpc) is 2.87.